The van der Waals surface area contributed by atoms with Crippen LogP contribution >= 0.6 is 0 Å². The van der Waals surface area contributed by atoms with Crippen LogP contribution in [0.4, 0.5) is 0 Å². The van der Waals surface area contributed by atoms with E-state index in [0.29, 0.717) is 28.1 Å². The van der Waals surface area contributed by atoms with Gasteiger partial charge in [0, 0.05) is 5.56 Å². The van der Waals surface area contributed by atoms with Gasteiger partial charge in [-0.1, -0.05) is 24.3 Å². The van der Waals surface area contributed by atoms with Crippen LogP contribution in [0.2, 0.25) is 0 Å². The number of benzene rings is 1. The van der Waals surface area contributed by atoms with Crippen molar-refractivity contribution in [3.63, 3.8) is 0 Å². The summed E-state index contributed by atoms with van der Waals surface area (Å²) in [5.41, 5.74) is 1.98. The summed E-state index contributed by atoms with van der Waals surface area (Å²) in [4.78, 5) is 30.6. The third-order valence-electron chi connectivity index (χ3n) is 4.07. The van der Waals surface area contributed by atoms with Crippen molar-refractivity contribution < 1.29 is 9.90 Å². The van der Waals surface area contributed by atoms with Gasteiger partial charge in [0.15, 0.2) is 11.4 Å². The first-order valence-electron chi connectivity index (χ1n) is 7.62. The average molecular weight is 326 g/mol. The third-order valence-corrected chi connectivity index (χ3v) is 4.07. The van der Waals surface area contributed by atoms with E-state index in [1.165, 1.54) is 6.92 Å². The number of aliphatic hydroxyl groups is 1. The number of hydrogen-bond donors (Lipinski definition) is 2. The molecule has 7 heteroatoms. The molecule has 0 aliphatic rings. The standard InChI is InChI=1S/C17H18N4O3/c1-9(12-4-6-13(7-5-12)10(2)23)21-16-15(14(8-22)20-21)17(24)19-11(3)18-16/h4-7,9,22H,8H2,1-3H3,(H,18,19,24)/t9-/m1/s1. The first kappa shape index (κ1) is 16.1. The predicted octanol–water partition coefficient (Wildman–Crippen LogP) is 1.73. The highest BCUT2D eigenvalue weighted by Crippen LogP contribution is 2.23. The van der Waals surface area contributed by atoms with Gasteiger partial charge in [0.25, 0.3) is 5.56 Å². The summed E-state index contributed by atoms with van der Waals surface area (Å²) < 4.78 is 1.63. The SMILES string of the molecule is CC(=O)c1ccc([C@@H](C)n2nc(CO)c3c(=O)[nH]c(C)nc32)cc1. The smallest absolute Gasteiger partial charge is 0.262 e. The Morgan fingerprint density at radius 3 is 2.58 bits per heavy atom. The molecule has 2 aromatic heterocycles. The maximum absolute atomic E-state index is 12.2. The monoisotopic (exact) mass is 326 g/mol. The number of Topliss-reactive ketones (excluding diaryl/α,β-unsaturated/α-hetero) is 1. The van der Waals surface area contributed by atoms with Gasteiger partial charge >= 0.3 is 0 Å². The molecule has 0 unspecified atom stereocenters. The van der Waals surface area contributed by atoms with E-state index in [1.54, 1.807) is 23.7 Å². The lowest BCUT2D eigenvalue weighted by Gasteiger charge is -2.14. The van der Waals surface area contributed by atoms with Crippen molar-refractivity contribution in [1.29, 1.82) is 0 Å². The number of nitrogens with zero attached hydrogens (tertiary/aromatic N) is 3. The van der Waals surface area contributed by atoms with Gasteiger partial charge in [0.1, 0.15) is 16.9 Å². The van der Waals surface area contributed by atoms with Gasteiger partial charge < -0.3 is 10.1 Å². The Kier molecular flexibility index (Phi) is 4.02. The van der Waals surface area contributed by atoms with E-state index in [1.807, 2.05) is 19.1 Å². The van der Waals surface area contributed by atoms with Crippen LogP contribution in [0.15, 0.2) is 29.1 Å². The van der Waals surface area contributed by atoms with Crippen molar-refractivity contribution >= 4 is 16.8 Å². The quantitative estimate of drug-likeness (QED) is 0.711. The average Bonchev–Trinajstić information content (AvgIpc) is 2.93. The summed E-state index contributed by atoms with van der Waals surface area (Å²) in [5, 5.41) is 14.2. The van der Waals surface area contributed by atoms with Crippen LogP contribution in [0.5, 0.6) is 0 Å². The third kappa shape index (κ3) is 2.63. The molecule has 0 spiro atoms. The molecular formula is C17H18N4O3. The van der Waals surface area contributed by atoms with Crippen LogP contribution < -0.4 is 5.56 Å². The van der Waals surface area contributed by atoms with Gasteiger partial charge in [-0.25, -0.2) is 9.67 Å². The van der Waals surface area contributed by atoms with Crippen molar-refractivity contribution in [1.82, 2.24) is 19.7 Å². The maximum atomic E-state index is 12.2. The molecule has 7 nitrogen and oxygen atoms in total. The normalized spacial score (nSPS) is 12.5. The molecule has 2 N–H and O–H groups in total. The van der Waals surface area contributed by atoms with E-state index in [2.05, 4.69) is 15.1 Å². The lowest BCUT2D eigenvalue weighted by atomic mass is 10.0. The number of rotatable bonds is 4. The second kappa shape index (κ2) is 6.01. The van der Waals surface area contributed by atoms with E-state index < -0.39 is 0 Å². The minimum atomic E-state index is -0.340. The number of carbonyl (C=O) groups is 1. The van der Waals surface area contributed by atoms with Crippen molar-refractivity contribution in [3.05, 3.63) is 57.3 Å². The molecule has 124 valence electrons. The molecule has 0 saturated carbocycles. The number of fused-ring (bicyclic) bond motifs is 1. The van der Waals surface area contributed by atoms with Crippen molar-refractivity contribution in [2.45, 2.75) is 33.4 Å². The van der Waals surface area contributed by atoms with E-state index in [-0.39, 0.29) is 24.0 Å². The van der Waals surface area contributed by atoms with Crippen LogP contribution in [0.1, 0.15) is 47.3 Å². The van der Waals surface area contributed by atoms with Crippen LogP contribution in [-0.4, -0.2) is 30.6 Å². The van der Waals surface area contributed by atoms with Crippen molar-refractivity contribution in [2.75, 3.05) is 0 Å². The first-order chi connectivity index (χ1) is 11.4. The Labute approximate surface area is 138 Å². The van der Waals surface area contributed by atoms with Gasteiger partial charge in [-0.05, 0) is 26.3 Å². The summed E-state index contributed by atoms with van der Waals surface area (Å²) in [5.74, 6) is 0.488. The number of aromatic nitrogens is 4. The fraction of sp³-hybridized carbons (Fsp3) is 0.294. The predicted molar refractivity (Wildman–Crippen MR) is 89.1 cm³/mol. The zero-order valence-electron chi connectivity index (χ0n) is 13.7. The molecule has 0 saturated heterocycles. The number of aryl methyl sites for hydroxylation is 1. The fourth-order valence-corrected chi connectivity index (χ4v) is 2.74. The highest BCUT2D eigenvalue weighted by molar-refractivity contribution is 5.94. The Balaban J connectivity index is 2.14. The Bertz CT molecular complexity index is 970. The fourth-order valence-electron chi connectivity index (χ4n) is 2.74. The molecule has 0 radical (unpaired) electrons. The second-order valence-electron chi connectivity index (χ2n) is 5.75. The zero-order chi connectivity index (χ0) is 17.4. The summed E-state index contributed by atoms with van der Waals surface area (Å²) >= 11 is 0. The van der Waals surface area contributed by atoms with Crippen LogP contribution in [0.25, 0.3) is 11.0 Å². The Morgan fingerprint density at radius 1 is 1.33 bits per heavy atom. The van der Waals surface area contributed by atoms with Crippen LogP contribution in [-0.2, 0) is 6.61 Å². The Morgan fingerprint density at radius 2 is 2.00 bits per heavy atom. The summed E-state index contributed by atoms with van der Waals surface area (Å²) in [6.07, 6.45) is 0. The zero-order valence-corrected chi connectivity index (χ0v) is 13.7. The topological polar surface area (TPSA) is 101 Å². The molecule has 1 atom stereocenters. The number of carbonyl (C=O) groups excluding carboxylic acids is 1. The van der Waals surface area contributed by atoms with Crippen LogP contribution in [0.3, 0.4) is 0 Å². The number of hydrogen-bond acceptors (Lipinski definition) is 5. The summed E-state index contributed by atoms with van der Waals surface area (Å²) in [6, 6.07) is 7.03. The largest absolute Gasteiger partial charge is 0.390 e. The van der Waals surface area contributed by atoms with Crippen molar-refractivity contribution in [3.8, 4) is 0 Å². The molecule has 3 aromatic rings. The lowest BCUT2D eigenvalue weighted by molar-refractivity contribution is 0.101. The van der Waals surface area contributed by atoms with E-state index in [0.717, 1.165) is 5.56 Å². The molecule has 0 amide bonds. The molecule has 24 heavy (non-hydrogen) atoms. The molecule has 1 aromatic carbocycles. The van der Waals surface area contributed by atoms with Gasteiger partial charge in [0.05, 0.1) is 12.6 Å². The van der Waals surface area contributed by atoms with Gasteiger partial charge in [0.2, 0.25) is 0 Å². The van der Waals surface area contributed by atoms with E-state index in [4.69, 9.17) is 0 Å². The Hall–Kier alpha value is -2.80. The molecule has 0 aliphatic carbocycles. The molecular weight excluding hydrogens is 308 g/mol. The van der Waals surface area contributed by atoms with E-state index in [9.17, 15) is 14.7 Å². The van der Waals surface area contributed by atoms with Gasteiger partial charge in [-0.3, -0.25) is 9.59 Å². The summed E-state index contributed by atoms with van der Waals surface area (Å²) in [7, 11) is 0. The minimum Gasteiger partial charge on any atom is -0.390 e. The molecule has 0 fully saturated rings. The second-order valence-corrected chi connectivity index (χ2v) is 5.75. The lowest BCUT2D eigenvalue weighted by Crippen LogP contribution is -2.13. The first-order valence-corrected chi connectivity index (χ1v) is 7.62. The minimum absolute atomic E-state index is 0.00475. The van der Waals surface area contributed by atoms with Gasteiger partial charge in [-0.2, -0.15) is 5.10 Å². The number of ketones is 1. The highest BCUT2D eigenvalue weighted by atomic mass is 16.3. The summed E-state index contributed by atoms with van der Waals surface area (Å²) in [6.45, 7) is 4.80. The van der Waals surface area contributed by atoms with Crippen molar-refractivity contribution in [2.24, 2.45) is 0 Å². The van der Waals surface area contributed by atoms with Crippen LogP contribution in [0, 0.1) is 6.92 Å². The highest BCUT2D eigenvalue weighted by Gasteiger charge is 2.20. The van der Waals surface area contributed by atoms with E-state index >= 15 is 0 Å². The molecule has 3 rings (SSSR count). The number of aliphatic hydroxyl groups excluding tert-OH is 1. The molecule has 0 aliphatic heterocycles. The number of nitrogens with one attached hydrogen (secondary N) is 1. The maximum Gasteiger partial charge on any atom is 0.262 e. The van der Waals surface area contributed by atoms with Gasteiger partial charge in [-0.15, -0.1) is 0 Å². The molecule has 2 heterocycles. The number of aromatic amines is 1. The number of H-pyrrole nitrogens is 1. The molecule has 0 bridgehead atoms.